The highest BCUT2D eigenvalue weighted by Gasteiger charge is 2.11. The van der Waals surface area contributed by atoms with E-state index in [4.69, 9.17) is 33.7 Å². The second-order valence-electron chi connectivity index (χ2n) is 3.80. The van der Waals surface area contributed by atoms with Crippen molar-refractivity contribution in [1.82, 2.24) is 0 Å². The molecule has 0 aromatic heterocycles. The zero-order valence-electron chi connectivity index (χ0n) is 9.95. The van der Waals surface area contributed by atoms with Crippen molar-refractivity contribution >= 4 is 38.7 Å². The highest BCUT2D eigenvalue weighted by molar-refractivity contribution is 7.91. The van der Waals surface area contributed by atoms with E-state index in [2.05, 4.69) is 0 Å². The SMILES string of the molecule is CCCS(=O)(=O)CCOc1cc(Cl)c(Cl)cc1N. The van der Waals surface area contributed by atoms with Crippen LogP contribution in [0.25, 0.3) is 0 Å². The molecule has 0 saturated heterocycles. The molecular weight excluding hydrogens is 297 g/mol. The molecule has 0 heterocycles. The minimum atomic E-state index is -3.06. The minimum Gasteiger partial charge on any atom is -0.490 e. The summed E-state index contributed by atoms with van der Waals surface area (Å²) < 4.78 is 28.2. The van der Waals surface area contributed by atoms with Crippen molar-refractivity contribution in [3.05, 3.63) is 22.2 Å². The summed E-state index contributed by atoms with van der Waals surface area (Å²) in [6, 6.07) is 2.95. The Morgan fingerprint density at radius 3 is 2.44 bits per heavy atom. The third kappa shape index (κ3) is 4.55. The predicted molar refractivity (Wildman–Crippen MR) is 75.3 cm³/mol. The first-order valence-electron chi connectivity index (χ1n) is 5.43. The number of rotatable bonds is 6. The Morgan fingerprint density at radius 1 is 1.22 bits per heavy atom. The topological polar surface area (TPSA) is 69.4 Å². The van der Waals surface area contributed by atoms with Gasteiger partial charge in [0.2, 0.25) is 0 Å². The molecule has 0 spiro atoms. The average Bonchev–Trinajstić information content (AvgIpc) is 2.25. The van der Waals surface area contributed by atoms with Gasteiger partial charge in [0, 0.05) is 6.07 Å². The zero-order chi connectivity index (χ0) is 13.8. The summed E-state index contributed by atoms with van der Waals surface area (Å²) in [5, 5.41) is 0.650. The van der Waals surface area contributed by atoms with Gasteiger partial charge < -0.3 is 10.5 Å². The summed E-state index contributed by atoms with van der Waals surface area (Å²) in [5.41, 5.74) is 6.01. The Kier molecular flexibility index (Phi) is 5.56. The number of benzene rings is 1. The van der Waals surface area contributed by atoms with Crippen molar-refractivity contribution in [2.45, 2.75) is 13.3 Å². The van der Waals surface area contributed by atoms with E-state index in [0.717, 1.165) is 0 Å². The average molecular weight is 312 g/mol. The Balaban J connectivity index is 2.62. The van der Waals surface area contributed by atoms with E-state index in [1.165, 1.54) is 12.1 Å². The maximum atomic E-state index is 11.5. The lowest BCUT2D eigenvalue weighted by molar-refractivity contribution is 0.342. The molecule has 18 heavy (non-hydrogen) atoms. The van der Waals surface area contributed by atoms with Crippen LogP contribution >= 0.6 is 23.2 Å². The van der Waals surface area contributed by atoms with E-state index in [1.807, 2.05) is 6.92 Å². The number of anilines is 1. The first-order chi connectivity index (χ1) is 8.35. The summed E-state index contributed by atoms with van der Waals surface area (Å²) in [7, 11) is -3.06. The van der Waals surface area contributed by atoms with Gasteiger partial charge in [0.1, 0.15) is 12.4 Å². The molecular formula is C11H15Cl2NO3S. The molecule has 0 amide bonds. The molecule has 0 bridgehead atoms. The van der Waals surface area contributed by atoms with Gasteiger partial charge in [-0.15, -0.1) is 0 Å². The number of sulfone groups is 1. The van der Waals surface area contributed by atoms with Gasteiger partial charge in [-0.2, -0.15) is 0 Å². The van der Waals surface area contributed by atoms with Crippen LogP contribution in [0.4, 0.5) is 5.69 Å². The molecule has 102 valence electrons. The van der Waals surface area contributed by atoms with E-state index < -0.39 is 9.84 Å². The quantitative estimate of drug-likeness (QED) is 0.820. The smallest absolute Gasteiger partial charge is 0.153 e. The summed E-state index contributed by atoms with van der Waals surface area (Å²) in [6.07, 6.45) is 0.594. The molecule has 0 unspecified atom stereocenters. The molecule has 1 aromatic rings. The van der Waals surface area contributed by atoms with Crippen LogP contribution in [0.3, 0.4) is 0 Å². The second-order valence-corrected chi connectivity index (χ2v) is 6.92. The van der Waals surface area contributed by atoms with Gasteiger partial charge >= 0.3 is 0 Å². The molecule has 0 aliphatic carbocycles. The Labute approximate surface area is 117 Å². The second kappa shape index (κ2) is 6.50. The first-order valence-corrected chi connectivity index (χ1v) is 8.01. The fourth-order valence-corrected chi connectivity index (χ4v) is 2.85. The lowest BCUT2D eigenvalue weighted by Gasteiger charge is -2.10. The van der Waals surface area contributed by atoms with Gasteiger partial charge in [0.15, 0.2) is 9.84 Å². The molecule has 7 heteroatoms. The van der Waals surface area contributed by atoms with Crippen molar-refractivity contribution in [3.8, 4) is 5.75 Å². The molecule has 0 aliphatic heterocycles. The van der Waals surface area contributed by atoms with E-state index in [1.54, 1.807) is 0 Å². The summed E-state index contributed by atoms with van der Waals surface area (Å²) in [5.74, 6) is 0.462. The van der Waals surface area contributed by atoms with E-state index in [-0.39, 0.29) is 18.1 Å². The van der Waals surface area contributed by atoms with Crippen molar-refractivity contribution in [2.75, 3.05) is 23.8 Å². The molecule has 0 fully saturated rings. The van der Waals surface area contributed by atoms with Crippen LogP contribution in [0.2, 0.25) is 10.0 Å². The first kappa shape index (κ1) is 15.4. The van der Waals surface area contributed by atoms with Gasteiger partial charge in [0.25, 0.3) is 0 Å². The van der Waals surface area contributed by atoms with Gasteiger partial charge in [-0.25, -0.2) is 8.42 Å². The maximum Gasteiger partial charge on any atom is 0.153 e. The molecule has 0 radical (unpaired) electrons. The van der Waals surface area contributed by atoms with E-state index in [9.17, 15) is 8.42 Å². The van der Waals surface area contributed by atoms with Crippen LogP contribution in [-0.4, -0.2) is 26.5 Å². The van der Waals surface area contributed by atoms with Gasteiger partial charge in [-0.1, -0.05) is 30.1 Å². The molecule has 2 N–H and O–H groups in total. The van der Waals surface area contributed by atoms with Crippen LogP contribution < -0.4 is 10.5 Å². The third-order valence-electron chi connectivity index (χ3n) is 2.22. The summed E-state index contributed by atoms with van der Waals surface area (Å²) >= 11 is 11.6. The summed E-state index contributed by atoms with van der Waals surface area (Å²) in [6.45, 7) is 1.86. The van der Waals surface area contributed by atoms with Gasteiger partial charge in [-0.3, -0.25) is 0 Å². The largest absolute Gasteiger partial charge is 0.490 e. The van der Waals surface area contributed by atoms with Crippen molar-refractivity contribution in [3.63, 3.8) is 0 Å². The van der Waals surface area contributed by atoms with Crippen molar-refractivity contribution in [1.29, 1.82) is 0 Å². The van der Waals surface area contributed by atoms with E-state index >= 15 is 0 Å². The number of nitrogens with two attached hydrogens (primary N) is 1. The number of nitrogen functional groups attached to an aromatic ring is 1. The fraction of sp³-hybridized carbons (Fsp3) is 0.455. The highest BCUT2D eigenvalue weighted by atomic mass is 35.5. The molecule has 0 aliphatic rings. The molecule has 1 rings (SSSR count). The van der Waals surface area contributed by atoms with Gasteiger partial charge in [-0.05, 0) is 12.5 Å². The van der Waals surface area contributed by atoms with Crippen molar-refractivity contribution in [2.24, 2.45) is 0 Å². The third-order valence-corrected chi connectivity index (χ3v) is 4.76. The van der Waals surface area contributed by atoms with E-state index in [0.29, 0.717) is 27.9 Å². The van der Waals surface area contributed by atoms with Crippen LogP contribution in [0, 0.1) is 0 Å². The van der Waals surface area contributed by atoms with Crippen LogP contribution in [0.1, 0.15) is 13.3 Å². The fourth-order valence-electron chi connectivity index (χ4n) is 1.36. The maximum absolute atomic E-state index is 11.5. The highest BCUT2D eigenvalue weighted by Crippen LogP contribution is 2.32. The minimum absolute atomic E-state index is 0.0411. The monoisotopic (exact) mass is 311 g/mol. The normalized spacial score (nSPS) is 11.5. The van der Waals surface area contributed by atoms with Gasteiger partial charge in [0.05, 0.1) is 27.2 Å². The lowest BCUT2D eigenvalue weighted by Crippen LogP contribution is -2.17. The number of halogens is 2. The standard InChI is InChI=1S/C11H15Cl2NO3S/c1-2-4-18(15,16)5-3-17-11-7-9(13)8(12)6-10(11)14/h6-7H,2-5,14H2,1H3. The van der Waals surface area contributed by atoms with Crippen LogP contribution in [0.15, 0.2) is 12.1 Å². The Morgan fingerprint density at radius 2 is 1.83 bits per heavy atom. The number of ether oxygens (including phenoxy) is 1. The summed E-state index contributed by atoms with van der Waals surface area (Å²) in [4.78, 5) is 0. The molecule has 0 saturated carbocycles. The van der Waals surface area contributed by atoms with Crippen LogP contribution in [-0.2, 0) is 9.84 Å². The number of hydrogen-bond acceptors (Lipinski definition) is 4. The predicted octanol–water partition coefficient (Wildman–Crippen LogP) is 2.78. The van der Waals surface area contributed by atoms with Crippen LogP contribution in [0.5, 0.6) is 5.75 Å². The lowest BCUT2D eigenvalue weighted by atomic mass is 10.3. The Bertz CT molecular complexity index is 517. The zero-order valence-corrected chi connectivity index (χ0v) is 12.3. The molecule has 1 aromatic carbocycles. The molecule has 0 atom stereocenters. The Hall–Kier alpha value is -0.650. The van der Waals surface area contributed by atoms with Crippen molar-refractivity contribution < 1.29 is 13.2 Å². The number of hydrogen-bond donors (Lipinski definition) is 1. The molecule has 4 nitrogen and oxygen atoms in total.